The number of hydrogen-bond donors (Lipinski definition) is 1. The Kier molecular flexibility index (Phi) is 6.05. The van der Waals surface area contributed by atoms with Gasteiger partial charge in [0.1, 0.15) is 12.1 Å². The minimum Gasteiger partial charge on any atom is -0.375 e. The first kappa shape index (κ1) is 17.8. The van der Waals surface area contributed by atoms with Gasteiger partial charge in [0.05, 0.1) is 18.2 Å². The zero-order valence-electron chi connectivity index (χ0n) is 13.5. The summed E-state index contributed by atoms with van der Waals surface area (Å²) in [6, 6.07) is 5.12. The number of rotatable bonds is 7. The summed E-state index contributed by atoms with van der Waals surface area (Å²) in [6.07, 6.45) is 0.533. The van der Waals surface area contributed by atoms with Crippen molar-refractivity contribution in [3.05, 3.63) is 35.1 Å². The van der Waals surface area contributed by atoms with E-state index >= 15 is 0 Å². The topological polar surface area (TPSA) is 52.3 Å². The summed E-state index contributed by atoms with van der Waals surface area (Å²) in [7, 11) is 0. The van der Waals surface area contributed by atoms with E-state index in [1.165, 1.54) is 6.07 Å². The van der Waals surface area contributed by atoms with Crippen molar-refractivity contribution in [2.24, 2.45) is 11.7 Å². The lowest BCUT2D eigenvalue weighted by atomic mass is 9.82. The lowest BCUT2D eigenvalue weighted by Gasteiger charge is -2.31. The second-order valence-corrected chi connectivity index (χ2v) is 6.36. The molecule has 0 amide bonds. The molecule has 0 fully saturated rings. The molecule has 118 valence electrons. The summed E-state index contributed by atoms with van der Waals surface area (Å²) >= 11 is 0. The molecule has 21 heavy (non-hydrogen) atoms. The lowest BCUT2D eigenvalue weighted by Crippen LogP contribution is -2.44. The van der Waals surface area contributed by atoms with E-state index < -0.39 is 5.54 Å². The van der Waals surface area contributed by atoms with Crippen molar-refractivity contribution >= 4 is 6.29 Å². The monoisotopic (exact) mass is 295 g/mol. The Balaban J connectivity index is 2.96. The summed E-state index contributed by atoms with van der Waals surface area (Å²) in [5, 5.41) is 0. The molecule has 0 saturated heterocycles. The van der Waals surface area contributed by atoms with Crippen molar-refractivity contribution in [3.8, 4) is 0 Å². The molecule has 0 aliphatic heterocycles. The minimum absolute atomic E-state index is 0.0446. The Bertz CT molecular complexity index is 486. The number of carbonyl (C=O) groups excluding carboxylic acids is 1. The molecule has 0 aromatic heterocycles. The lowest BCUT2D eigenvalue weighted by molar-refractivity contribution is -0.114. The van der Waals surface area contributed by atoms with Crippen LogP contribution in [-0.4, -0.2) is 24.5 Å². The fourth-order valence-corrected chi connectivity index (χ4v) is 2.59. The predicted octanol–water partition coefficient (Wildman–Crippen LogP) is 3.20. The molecule has 0 spiro atoms. The van der Waals surface area contributed by atoms with Crippen LogP contribution >= 0.6 is 0 Å². The molecule has 0 aliphatic rings. The zero-order chi connectivity index (χ0) is 16.2. The van der Waals surface area contributed by atoms with Crippen molar-refractivity contribution in [3.63, 3.8) is 0 Å². The molecule has 0 saturated carbocycles. The normalized spacial score (nSPS) is 17.3. The maximum absolute atomic E-state index is 13.8. The van der Waals surface area contributed by atoms with Crippen LogP contribution in [0.1, 0.15) is 44.7 Å². The van der Waals surface area contributed by atoms with Gasteiger partial charge in [-0.05, 0) is 43.9 Å². The molecular formula is C17H26FNO2. The molecule has 0 aliphatic carbocycles. The second-order valence-electron chi connectivity index (χ2n) is 6.36. The molecular weight excluding hydrogens is 269 g/mol. The van der Waals surface area contributed by atoms with Crippen LogP contribution < -0.4 is 5.73 Å². The fourth-order valence-electron chi connectivity index (χ4n) is 2.59. The average Bonchev–Trinajstić information content (AvgIpc) is 2.41. The summed E-state index contributed by atoms with van der Waals surface area (Å²) in [4.78, 5) is 10.9. The molecule has 0 unspecified atom stereocenters. The molecule has 2 N–H and O–H groups in total. The molecule has 1 aromatic carbocycles. The molecule has 1 aromatic rings. The molecule has 4 heteroatoms. The zero-order valence-corrected chi connectivity index (χ0v) is 13.5. The highest BCUT2D eigenvalue weighted by atomic mass is 19.1. The van der Waals surface area contributed by atoms with Gasteiger partial charge in [-0.1, -0.05) is 26.0 Å². The maximum atomic E-state index is 13.8. The highest BCUT2D eigenvalue weighted by Crippen LogP contribution is 2.32. The van der Waals surface area contributed by atoms with Crippen LogP contribution in [0.15, 0.2) is 18.2 Å². The van der Waals surface area contributed by atoms with Gasteiger partial charge in [0.2, 0.25) is 0 Å². The summed E-state index contributed by atoms with van der Waals surface area (Å²) in [5.41, 5.74) is 6.38. The molecule has 1 rings (SSSR count). The Morgan fingerprint density at radius 1 is 1.38 bits per heavy atom. The van der Waals surface area contributed by atoms with Crippen LogP contribution in [0.4, 0.5) is 4.39 Å². The van der Waals surface area contributed by atoms with Gasteiger partial charge in [-0.25, -0.2) is 4.39 Å². The van der Waals surface area contributed by atoms with Crippen LogP contribution in [0.2, 0.25) is 0 Å². The van der Waals surface area contributed by atoms with E-state index in [0.29, 0.717) is 11.8 Å². The van der Waals surface area contributed by atoms with Crippen LogP contribution in [0, 0.1) is 18.7 Å². The van der Waals surface area contributed by atoms with Crippen LogP contribution in [0.25, 0.3) is 0 Å². The quantitative estimate of drug-likeness (QED) is 0.786. The molecule has 0 bridgehead atoms. The second kappa shape index (κ2) is 7.14. The summed E-state index contributed by atoms with van der Waals surface area (Å²) in [6.45, 7) is 9.66. The fraction of sp³-hybridized carbons (Fsp3) is 0.588. The van der Waals surface area contributed by atoms with E-state index in [9.17, 15) is 9.18 Å². The molecule has 3 nitrogen and oxygen atoms in total. The third-order valence-corrected chi connectivity index (χ3v) is 3.82. The third kappa shape index (κ3) is 4.61. The van der Waals surface area contributed by atoms with Crippen molar-refractivity contribution < 1.29 is 13.9 Å². The first-order valence-electron chi connectivity index (χ1n) is 7.31. The number of ether oxygens (including phenoxy) is 1. The third-order valence-electron chi connectivity index (χ3n) is 3.82. The van der Waals surface area contributed by atoms with E-state index in [-0.39, 0.29) is 30.4 Å². The Hall–Kier alpha value is -1.26. The van der Waals surface area contributed by atoms with Crippen LogP contribution in [-0.2, 0) is 9.53 Å². The number of carbonyl (C=O) groups is 1. The van der Waals surface area contributed by atoms with E-state index in [1.54, 1.807) is 19.9 Å². The number of benzene rings is 1. The standard InChI is InChI=1S/C17H26FNO2/c1-11(2)16(13(4)21-10-17(5,19)9-20)14-7-6-8-15(18)12(14)3/h6-9,11,13,16H,10,19H2,1-5H3/t13-,16+,17-/m0/s1. The number of aldehydes is 1. The van der Waals surface area contributed by atoms with Crippen molar-refractivity contribution in [1.82, 2.24) is 0 Å². The van der Waals surface area contributed by atoms with E-state index in [1.807, 2.05) is 13.0 Å². The SMILES string of the molecule is Cc1c(F)cccc1[C@H](C(C)C)[C@H](C)OC[C@@](C)(N)C=O. The molecule has 0 heterocycles. The number of nitrogens with two attached hydrogens (primary N) is 1. The summed E-state index contributed by atoms with van der Waals surface area (Å²) < 4.78 is 19.6. The number of halogens is 1. The smallest absolute Gasteiger partial charge is 0.141 e. The predicted molar refractivity (Wildman–Crippen MR) is 82.8 cm³/mol. The Morgan fingerprint density at radius 3 is 2.52 bits per heavy atom. The van der Waals surface area contributed by atoms with E-state index in [0.717, 1.165) is 5.56 Å². The molecule has 0 radical (unpaired) electrons. The minimum atomic E-state index is -0.993. The van der Waals surface area contributed by atoms with Gasteiger partial charge in [0.15, 0.2) is 0 Å². The number of hydrogen-bond acceptors (Lipinski definition) is 3. The molecule has 3 atom stereocenters. The summed E-state index contributed by atoms with van der Waals surface area (Å²) in [5.74, 6) is 0.116. The van der Waals surface area contributed by atoms with E-state index in [2.05, 4.69) is 13.8 Å². The van der Waals surface area contributed by atoms with Gasteiger partial charge in [-0.2, -0.15) is 0 Å². The van der Waals surface area contributed by atoms with Gasteiger partial charge < -0.3 is 15.3 Å². The Labute approximate surface area is 126 Å². The Morgan fingerprint density at radius 2 is 2.00 bits per heavy atom. The first-order chi connectivity index (χ1) is 9.69. The van der Waals surface area contributed by atoms with Gasteiger partial charge in [-0.15, -0.1) is 0 Å². The van der Waals surface area contributed by atoms with Gasteiger partial charge in [0, 0.05) is 5.92 Å². The van der Waals surface area contributed by atoms with E-state index in [4.69, 9.17) is 10.5 Å². The van der Waals surface area contributed by atoms with Crippen LogP contribution in [0.3, 0.4) is 0 Å². The highest BCUT2D eigenvalue weighted by Gasteiger charge is 2.28. The van der Waals surface area contributed by atoms with Gasteiger partial charge in [-0.3, -0.25) is 0 Å². The van der Waals surface area contributed by atoms with Crippen molar-refractivity contribution in [2.75, 3.05) is 6.61 Å². The van der Waals surface area contributed by atoms with Gasteiger partial charge >= 0.3 is 0 Å². The van der Waals surface area contributed by atoms with Crippen LogP contribution in [0.5, 0.6) is 0 Å². The van der Waals surface area contributed by atoms with Crippen molar-refractivity contribution in [1.29, 1.82) is 0 Å². The maximum Gasteiger partial charge on any atom is 0.141 e. The highest BCUT2D eigenvalue weighted by molar-refractivity contribution is 5.63. The average molecular weight is 295 g/mol. The first-order valence-corrected chi connectivity index (χ1v) is 7.31. The largest absolute Gasteiger partial charge is 0.375 e. The van der Waals surface area contributed by atoms with Gasteiger partial charge in [0.25, 0.3) is 0 Å². The van der Waals surface area contributed by atoms with Crippen molar-refractivity contribution in [2.45, 2.75) is 52.2 Å².